The molecule has 2 amide bonds. The van der Waals surface area contributed by atoms with Crippen molar-refractivity contribution in [2.45, 2.75) is 26.3 Å². The van der Waals surface area contributed by atoms with E-state index in [9.17, 15) is 9.59 Å². The van der Waals surface area contributed by atoms with E-state index in [-0.39, 0.29) is 24.2 Å². The second kappa shape index (κ2) is 6.22. The van der Waals surface area contributed by atoms with E-state index in [1.54, 1.807) is 23.2 Å². The zero-order chi connectivity index (χ0) is 14.7. The van der Waals surface area contributed by atoms with Crippen molar-refractivity contribution in [2.75, 3.05) is 13.1 Å². The predicted molar refractivity (Wildman–Crippen MR) is 76.3 cm³/mol. The highest BCUT2D eigenvalue weighted by Gasteiger charge is 2.34. The molecule has 0 spiro atoms. The molecule has 0 saturated carbocycles. The second-order valence-electron chi connectivity index (χ2n) is 5.23. The summed E-state index contributed by atoms with van der Waals surface area (Å²) in [6, 6.07) is 3.05. The van der Waals surface area contributed by atoms with E-state index in [1.165, 1.54) is 0 Å². The molecular formula is C14H18ClN3O2. The Bertz CT molecular complexity index is 502. The van der Waals surface area contributed by atoms with Crippen LogP contribution in [0.5, 0.6) is 0 Å². The topological polar surface area (TPSA) is 62.3 Å². The molecule has 1 fully saturated rings. The third-order valence-electron chi connectivity index (χ3n) is 3.35. The Kier molecular flexibility index (Phi) is 4.60. The standard InChI is InChI=1S/C14H18ClN3O2/c1-9(2)13-14(20)16-5-6-18(13)12(19)7-10-3-4-11(15)17-8-10/h3-4,8-9,13H,5-7H2,1-2H3,(H,16,20)/t13-/m1/s1. The summed E-state index contributed by atoms with van der Waals surface area (Å²) < 4.78 is 0. The van der Waals surface area contributed by atoms with Gasteiger partial charge in [0, 0.05) is 19.3 Å². The van der Waals surface area contributed by atoms with Crippen LogP contribution < -0.4 is 5.32 Å². The largest absolute Gasteiger partial charge is 0.353 e. The maximum Gasteiger partial charge on any atom is 0.243 e. The summed E-state index contributed by atoms with van der Waals surface area (Å²) in [7, 11) is 0. The van der Waals surface area contributed by atoms with E-state index in [0.717, 1.165) is 5.56 Å². The fourth-order valence-electron chi connectivity index (χ4n) is 2.41. The summed E-state index contributed by atoms with van der Waals surface area (Å²) >= 11 is 5.72. The van der Waals surface area contributed by atoms with Gasteiger partial charge in [-0.2, -0.15) is 0 Å². The molecule has 20 heavy (non-hydrogen) atoms. The smallest absolute Gasteiger partial charge is 0.243 e. The van der Waals surface area contributed by atoms with Gasteiger partial charge in [0.1, 0.15) is 11.2 Å². The van der Waals surface area contributed by atoms with Crippen LogP contribution in [0.4, 0.5) is 0 Å². The third-order valence-corrected chi connectivity index (χ3v) is 3.58. The third kappa shape index (κ3) is 3.28. The van der Waals surface area contributed by atoms with Crippen molar-refractivity contribution in [1.29, 1.82) is 0 Å². The second-order valence-corrected chi connectivity index (χ2v) is 5.62. The monoisotopic (exact) mass is 295 g/mol. The number of aromatic nitrogens is 1. The quantitative estimate of drug-likeness (QED) is 0.854. The van der Waals surface area contributed by atoms with Crippen LogP contribution in [0.2, 0.25) is 5.15 Å². The molecule has 108 valence electrons. The van der Waals surface area contributed by atoms with Gasteiger partial charge in [0.2, 0.25) is 11.8 Å². The zero-order valence-electron chi connectivity index (χ0n) is 11.6. The number of halogens is 1. The van der Waals surface area contributed by atoms with E-state index in [0.29, 0.717) is 18.2 Å². The first kappa shape index (κ1) is 14.8. The molecule has 0 aliphatic carbocycles. The normalized spacial score (nSPS) is 19.1. The van der Waals surface area contributed by atoms with Gasteiger partial charge in [-0.05, 0) is 17.5 Å². The molecule has 1 aromatic rings. The lowest BCUT2D eigenvalue weighted by atomic mass is 9.99. The number of piperazine rings is 1. The van der Waals surface area contributed by atoms with Crippen LogP contribution in [0.25, 0.3) is 0 Å². The average Bonchev–Trinajstić information content (AvgIpc) is 2.40. The minimum Gasteiger partial charge on any atom is -0.353 e. The molecule has 6 heteroatoms. The zero-order valence-corrected chi connectivity index (χ0v) is 12.4. The van der Waals surface area contributed by atoms with Crippen LogP contribution in [0.15, 0.2) is 18.3 Å². The van der Waals surface area contributed by atoms with Gasteiger partial charge >= 0.3 is 0 Å². The summed E-state index contributed by atoms with van der Waals surface area (Å²) in [6.07, 6.45) is 1.83. The van der Waals surface area contributed by atoms with E-state index in [2.05, 4.69) is 10.3 Å². The van der Waals surface area contributed by atoms with Crippen LogP contribution in [0.3, 0.4) is 0 Å². The molecule has 0 bridgehead atoms. The number of carbonyl (C=O) groups is 2. The fourth-order valence-corrected chi connectivity index (χ4v) is 2.53. The first-order valence-electron chi connectivity index (χ1n) is 6.66. The lowest BCUT2D eigenvalue weighted by Gasteiger charge is -2.37. The molecule has 1 aliphatic rings. The van der Waals surface area contributed by atoms with Crippen molar-refractivity contribution >= 4 is 23.4 Å². The van der Waals surface area contributed by atoms with Crippen molar-refractivity contribution in [1.82, 2.24) is 15.2 Å². The van der Waals surface area contributed by atoms with Crippen LogP contribution in [0, 0.1) is 5.92 Å². The van der Waals surface area contributed by atoms with Crippen molar-refractivity contribution in [2.24, 2.45) is 5.92 Å². The van der Waals surface area contributed by atoms with Crippen molar-refractivity contribution in [3.63, 3.8) is 0 Å². The first-order chi connectivity index (χ1) is 9.49. The van der Waals surface area contributed by atoms with E-state index in [1.807, 2.05) is 13.8 Å². The van der Waals surface area contributed by atoms with Crippen LogP contribution >= 0.6 is 11.6 Å². The molecule has 1 aromatic heterocycles. The molecule has 1 saturated heterocycles. The van der Waals surface area contributed by atoms with Gasteiger partial charge in [0.05, 0.1) is 6.42 Å². The average molecular weight is 296 g/mol. The molecule has 2 rings (SSSR count). The Balaban J connectivity index is 2.10. The highest BCUT2D eigenvalue weighted by molar-refractivity contribution is 6.29. The van der Waals surface area contributed by atoms with Crippen molar-refractivity contribution < 1.29 is 9.59 Å². The lowest BCUT2D eigenvalue weighted by Crippen LogP contribution is -2.59. The maximum absolute atomic E-state index is 12.4. The number of nitrogens with one attached hydrogen (secondary N) is 1. The van der Waals surface area contributed by atoms with Crippen molar-refractivity contribution in [3.8, 4) is 0 Å². The highest BCUT2D eigenvalue weighted by atomic mass is 35.5. The number of pyridine rings is 1. The number of nitrogens with zero attached hydrogens (tertiary/aromatic N) is 2. The predicted octanol–water partition coefficient (Wildman–Crippen LogP) is 1.26. The lowest BCUT2D eigenvalue weighted by molar-refractivity contribution is -0.144. The molecule has 1 N–H and O–H groups in total. The minimum absolute atomic E-state index is 0.0531. The summed E-state index contributed by atoms with van der Waals surface area (Å²) in [6.45, 7) is 4.94. The number of rotatable bonds is 3. The summed E-state index contributed by atoms with van der Waals surface area (Å²) in [4.78, 5) is 29.9. The molecule has 5 nitrogen and oxygen atoms in total. The molecule has 1 atom stereocenters. The summed E-state index contributed by atoms with van der Waals surface area (Å²) in [5.74, 6) is -0.0425. The van der Waals surface area contributed by atoms with E-state index >= 15 is 0 Å². The van der Waals surface area contributed by atoms with Gasteiger partial charge in [-0.25, -0.2) is 4.98 Å². The fraction of sp³-hybridized carbons (Fsp3) is 0.500. The SMILES string of the molecule is CC(C)[C@@H]1C(=O)NCCN1C(=O)Cc1ccc(Cl)nc1. The Hall–Kier alpha value is -1.62. The van der Waals surface area contributed by atoms with Crippen LogP contribution in [-0.2, 0) is 16.0 Å². The molecule has 0 unspecified atom stereocenters. The van der Waals surface area contributed by atoms with Crippen molar-refractivity contribution in [3.05, 3.63) is 29.0 Å². The van der Waals surface area contributed by atoms with Gasteiger partial charge in [0.15, 0.2) is 0 Å². The number of hydrogen-bond acceptors (Lipinski definition) is 3. The van der Waals surface area contributed by atoms with Crippen LogP contribution in [0.1, 0.15) is 19.4 Å². The molecule has 2 heterocycles. The Morgan fingerprint density at radius 3 is 2.90 bits per heavy atom. The van der Waals surface area contributed by atoms with E-state index in [4.69, 9.17) is 11.6 Å². The van der Waals surface area contributed by atoms with Gasteiger partial charge in [0.25, 0.3) is 0 Å². The molecular weight excluding hydrogens is 278 g/mol. The Morgan fingerprint density at radius 2 is 2.30 bits per heavy atom. The van der Waals surface area contributed by atoms with Gasteiger partial charge in [-0.1, -0.05) is 31.5 Å². The molecule has 0 aromatic carbocycles. The maximum atomic E-state index is 12.4. The number of hydrogen-bond donors (Lipinski definition) is 1. The van der Waals surface area contributed by atoms with Gasteiger partial charge < -0.3 is 10.2 Å². The minimum atomic E-state index is -0.392. The number of amides is 2. The molecule has 1 aliphatic heterocycles. The first-order valence-corrected chi connectivity index (χ1v) is 7.04. The summed E-state index contributed by atoms with van der Waals surface area (Å²) in [5.41, 5.74) is 0.799. The van der Waals surface area contributed by atoms with Crippen LogP contribution in [-0.4, -0.2) is 40.8 Å². The number of carbonyl (C=O) groups excluding carboxylic acids is 2. The highest BCUT2D eigenvalue weighted by Crippen LogP contribution is 2.16. The molecule has 0 radical (unpaired) electrons. The Morgan fingerprint density at radius 1 is 1.55 bits per heavy atom. The van der Waals surface area contributed by atoms with E-state index < -0.39 is 6.04 Å². The van der Waals surface area contributed by atoms with Gasteiger partial charge in [-0.15, -0.1) is 0 Å². The summed E-state index contributed by atoms with van der Waals surface area (Å²) in [5, 5.41) is 3.21. The van der Waals surface area contributed by atoms with Gasteiger partial charge in [-0.3, -0.25) is 9.59 Å². The Labute approximate surface area is 123 Å².